The van der Waals surface area contributed by atoms with Gasteiger partial charge in [0.15, 0.2) is 0 Å². The van der Waals surface area contributed by atoms with E-state index in [1.54, 1.807) is 42.5 Å². The molecule has 160 valence electrons. The van der Waals surface area contributed by atoms with Crippen LogP contribution in [0, 0.1) is 12.1 Å². The number of hydrogen-bond donors (Lipinski definition) is 1. The minimum absolute atomic E-state index is 0.148. The number of hydroxylamine groups is 1. The van der Waals surface area contributed by atoms with E-state index in [1.165, 1.54) is 0 Å². The van der Waals surface area contributed by atoms with E-state index in [0.29, 0.717) is 11.3 Å². The third-order valence-electron chi connectivity index (χ3n) is 5.72. The minimum atomic E-state index is -3.84. The van der Waals surface area contributed by atoms with Gasteiger partial charge in [0.1, 0.15) is 0 Å². The Labute approximate surface area is 187 Å². The van der Waals surface area contributed by atoms with E-state index < -0.39 is 16.1 Å². The molecule has 0 aliphatic carbocycles. The zero-order valence-corrected chi connectivity index (χ0v) is 18.2. The SMILES string of the molecule is Cc1ccc(S(=O)(=O)Nc2cccc3c2N([O-])C(c2cccc4ccccc24)C=C3)cc1. The number of aryl methyl sites for hydroxylation is 1. The highest BCUT2D eigenvalue weighted by atomic mass is 32.2. The van der Waals surface area contributed by atoms with Crippen molar-refractivity contribution in [3.05, 3.63) is 113 Å². The van der Waals surface area contributed by atoms with Crippen molar-refractivity contribution >= 4 is 38.2 Å². The number of hydrogen-bond acceptors (Lipinski definition) is 4. The largest absolute Gasteiger partial charge is 0.758 e. The highest BCUT2D eigenvalue weighted by Gasteiger charge is 2.24. The second-order valence-electron chi connectivity index (χ2n) is 7.86. The molecule has 1 heterocycles. The lowest BCUT2D eigenvalue weighted by atomic mass is 9.94. The fourth-order valence-corrected chi connectivity index (χ4v) is 5.16. The van der Waals surface area contributed by atoms with E-state index in [-0.39, 0.29) is 10.6 Å². The van der Waals surface area contributed by atoms with Crippen LogP contribution in [0.2, 0.25) is 0 Å². The van der Waals surface area contributed by atoms with Gasteiger partial charge in [-0.1, -0.05) is 84.4 Å². The molecule has 0 radical (unpaired) electrons. The molecule has 0 saturated carbocycles. The molecule has 5 rings (SSSR count). The van der Waals surface area contributed by atoms with E-state index >= 15 is 0 Å². The molecule has 1 unspecified atom stereocenters. The molecule has 0 bridgehead atoms. The molecular formula is C26H21N2O3S-. The molecule has 0 amide bonds. The van der Waals surface area contributed by atoms with Gasteiger partial charge in [-0.3, -0.25) is 4.72 Å². The van der Waals surface area contributed by atoms with E-state index in [2.05, 4.69) is 4.72 Å². The summed E-state index contributed by atoms with van der Waals surface area (Å²) in [5.74, 6) is 0. The monoisotopic (exact) mass is 441 g/mol. The highest BCUT2D eigenvalue weighted by Crippen LogP contribution is 2.42. The first-order chi connectivity index (χ1) is 15.4. The molecule has 1 atom stereocenters. The molecule has 1 aliphatic heterocycles. The number of nitrogens with zero attached hydrogens (tertiary/aromatic N) is 1. The predicted molar refractivity (Wildman–Crippen MR) is 130 cm³/mol. The van der Waals surface area contributed by atoms with Gasteiger partial charge < -0.3 is 10.3 Å². The van der Waals surface area contributed by atoms with Crippen molar-refractivity contribution in [3.63, 3.8) is 0 Å². The molecule has 6 heteroatoms. The van der Waals surface area contributed by atoms with Gasteiger partial charge >= 0.3 is 0 Å². The van der Waals surface area contributed by atoms with Gasteiger partial charge in [0.2, 0.25) is 0 Å². The Kier molecular flexibility index (Phi) is 4.96. The smallest absolute Gasteiger partial charge is 0.261 e. The molecular weight excluding hydrogens is 420 g/mol. The summed E-state index contributed by atoms with van der Waals surface area (Å²) in [6.45, 7) is 1.90. The van der Waals surface area contributed by atoms with Crippen molar-refractivity contribution in [1.82, 2.24) is 0 Å². The van der Waals surface area contributed by atoms with Crippen molar-refractivity contribution in [3.8, 4) is 0 Å². The number of anilines is 2. The zero-order valence-electron chi connectivity index (χ0n) is 17.4. The summed E-state index contributed by atoms with van der Waals surface area (Å²) in [7, 11) is -3.84. The molecule has 0 spiro atoms. The summed E-state index contributed by atoms with van der Waals surface area (Å²) in [5, 5.41) is 16.5. The van der Waals surface area contributed by atoms with Gasteiger partial charge in [-0.05, 0) is 47.0 Å². The van der Waals surface area contributed by atoms with Gasteiger partial charge in [-0.2, -0.15) is 0 Å². The van der Waals surface area contributed by atoms with Gasteiger partial charge in [-0.15, -0.1) is 0 Å². The van der Waals surface area contributed by atoms with Crippen LogP contribution in [-0.2, 0) is 10.0 Å². The molecule has 0 aromatic heterocycles. The second-order valence-corrected chi connectivity index (χ2v) is 9.54. The van der Waals surface area contributed by atoms with Crippen LogP contribution < -0.4 is 9.79 Å². The van der Waals surface area contributed by atoms with E-state index in [1.807, 2.05) is 61.5 Å². The maximum absolute atomic E-state index is 13.6. The number of rotatable bonds is 4. The van der Waals surface area contributed by atoms with E-state index in [0.717, 1.165) is 27.0 Å². The molecule has 0 fully saturated rings. The Hall–Kier alpha value is -3.61. The normalized spacial score (nSPS) is 15.6. The molecule has 4 aromatic rings. The Morgan fingerprint density at radius 1 is 0.875 bits per heavy atom. The van der Waals surface area contributed by atoms with Crippen LogP contribution in [0.25, 0.3) is 16.8 Å². The molecule has 1 aliphatic rings. The first-order valence-electron chi connectivity index (χ1n) is 10.3. The zero-order chi connectivity index (χ0) is 22.3. The van der Waals surface area contributed by atoms with E-state index in [9.17, 15) is 13.6 Å². The average Bonchev–Trinajstić information content (AvgIpc) is 2.79. The second kappa shape index (κ2) is 7.82. The lowest BCUT2D eigenvalue weighted by Crippen LogP contribution is -2.26. The van der Waals surface area contributed by atoms with Gasteiger partial charge in [0, 0.05) is 0 Å². The van der Waals surface area contributed by atoms with Crippen LogP contribution in [0.3, 0.4) is 0 Å². The minimum Gasteiger partial charge on any atom is -0.758 e. The topological polar surface area (TPSA) is 72.5 Å². The maximum Gasteiger partial charge on any atom is 0.261 e. The van der Waals surface area contributed by atoms with Crippen LogP contribution in [-0.4, -0.2) is 8.42 Å². The fourth-order valence-electron chi connectivity index (χ4n) is 4.10. The van der Waals surface area contributed by atoms with E-state index in [4.69, 9.17) is 0 Å². The number of nitrogens with one attached hydrogen (secondary N) is 1. The molecule has 4 aromatic carbocycles. The summed E-state index contributed by atoms with van der Waals surface area (Å²) in [6.07, 6.45) is 3.73. The Morgan fingerprint density at radius 3 is 2.41 bits per heavy atom. The average molecular weight is 442 g/mol. The fraction of sp³-hybridized carbons (Fsp3) is 0.0769. The van der Waals surface area contributed by atoms with Crippen LogP contribution in [0.5, 0.6) is 0 Å². The standard InChI is InChI=1S/C26H21N2O3S/c1-18-12-15-21(16-13-18)32(30,31)27-24-11-5-8-20-14-17-25(28(29)26(20)24)23-10-4-7-19-6-2-3-9-22(19)23/h2-17,25,27H,1H3/q-1. The van der Waals surface area contributed by atoms with Crippen molar-refractivity contribution in [2.45, 2.75) is 17.9 Å². The number of para-hydroxylation sites is 1. The Balaban J connectivity index is 1.56. The molecule has 5 nitrogen and oxygen atoms in total. The van der Waals surface area contributed by atoms with Crippen LogP contribution in [0.4, 0.5) is 11.4 Å². The van der Waals surface area contributed by atoms with Crippen molar-refractivity contribution in [2.24, 2.45) is 0 Å². The quantitative estimate of drug-likeness (QED) is 0.420. The molecule has 32 heavy (non-hydrogen) atoms. The van der Waals surface area contributed by atoms with Crippen molar-refractivity contribution < 1.29 is 8.42 Å². The van der Waals surface area contributed by atoms with Crippen LogP contribution in [0.1, 0.15) is 22.7 Å². The third kappa shape index (κ3) is 3.53. The van der Waals surface area contributed by atoms with Gasteiger partial charge in [-0.25, -0.2) is 8.42 Å². The Bertz CT molecular complexity index is 1440. The first kappa shape index (κ1) is 20.3. The summed E-state index contributed by atoms with van der Waals surface area (Å²) in [4.78, 5) is 0.148. The molecule has 1 N–H and O–H groups in total. The first-order valence-corrected chi connectivity index (χ1v) is 11.8. The number of sulfonamides is 1. The highest BCUT2D eigenvalue weighted by molar-refractivity contribution is 7.92. The van der Waals surface area contributed by atoms with Gasteiger partial charge in [0.25, 0.3) is 10.0 Å². The molecule has 0 saturated heterocycles. The van der Waals surface area contributed by atoms with Crippen LogP contribution >= 0.6 is 0 Å². The number of fused-ring (bicyclic) bond motifs is 2. The Morgan fingerprint density at radius 2 is 1.59 bits per heavy atom. The lowest BCUT2D eigenvalue weighted by Gasteiger charge is -2.42. The van der Waals surface area contributed by atoms with Crippen molar-refractivity contribution in [1.29, 1.82) is 0 Å². The summed E-state index contributed by atoms with van der Waals surface area (Å²) in [6, 6.07) is 25.0. The predicted octanol–water partition coefficient (Wildman–Crippen LogP) is 6.02. The summed E-state index contributed by atoms with van der Waals surface area (Å²) >= 11 is 0. The summed E-state index contributed by atoms with van der Waals surface area (Å²) in [5.41, 5.74) is 3.07. The van der Waals surface area contributed by atoms with Gasteiger partial charge in [0.05, 0.1) is 22.3 Å². The maximum atomic E-state index is 13.6. The van der Waals surface area contributed by atoms with Crippen molar-refractivity contribution in [2.75, 3.05) is 9.79 Å². The van der Waals surface area contributed by atoms with Crippen LogP contribution in [0.15, 0.2) is 95.9 Å². The third-order valence-corrected chi connectivity index (χ3v) is 7.10. The lowest BCUT2D eigenvalue weighted by molar-refractivity contribution is 0.601. The number of benzene rings is 4. The summed E-state index contributed by atoms with van der Waals surface area (Å²) < 4.78 is 28.6.